The number of methoxy groups -OCH3 is 1. The summed E-state index contributed by atoms with van der Waals surface area (Å²) in [5.41, 5.74) is 0. The van der Waals surface area contributed by atoms with E-state index in [0.29, 0.717) is 0 Å². The maximum Gasteiger partial charge on any atom is 0.0721 e. The van der Waals surface area contributed by atoms with Crippen LogP contribution >= 0.6 is 12.2 Å². The molecular weight excluding hydrogens is 158 g/mol. The van der Waals surface area contributed by atoms with Crippen molar-refractivity contribution in [3.63, 3.8) is 0 Å². The first-order chi connectivity index (χ1) is 5.27. The Kier molecular flexibility index (Phi) is 15.3. The molecule has 0 unspecified atom stereocenters. The summed E-state index contributed by atoms with van der Waals surface area (Å²) in [6.45, 7) is 7.60. The number of hydrogen-bond donors (Lipinski definition) is 1. The smallest absolute Gasteiger partial charge is 0.0721 e. The van der Waals surface area contributed by atoms with Crippen molar-refractivity contribution in [1.82, 2.24) is 5.32 Å². The van der Waals surface area contributed by atoms with Crippen molar-refractivity contribution in [2.75, 3.05) is 20.3 Å². The second-order valence-corrected chi connectivity index (χ2v) is 2.44. The van der Waals surface area contributed by atoms with E-state index in [2.05, 4.69) is 5.32 Å². The minimum absolute atomic E-state index is 0.801. The van der Waals surface area contributed by atoms with Crippen molar-refractivity contribution < 1.29 is 4.74 Å². The summed E-state index contributed by atoms with van der Waals surface area (Å²) < 4.78 is 4.84. The molecule has 0 aromatic carbocycles. The minimum Gasteiger partial charge on any atom is -0.385 e. The van der Waals surface area contributed by atoms with E-state index in [1.54, 1.807) is 7.11 Å². The van der Waals surface area contributed by atoms with Gasteiger partial charge in [0.2, 0.25) is 0 Å². The van der Waals surface area contributed by atoms with Crippen LogP contribution in [0.3, 0.4) is 0 Å². The molecule has 0 aliphatic heterocycles. The molecule has 68 valence electrons. The van der Waals surface area contributed by atoms with Gasteiger partial charge in [-0.25, -0.2) is 0 Å². The van der Waals surface area contributed by atoms with E-state index in [0.717, 1.165) is 24.6 Å². The van der Waals surface area contributed by atoms with Crippen LogP contribution < -0.4 is 5.32 Å². The summed E-state index contributed by atoms with van der Waals surface area (Å²) >= 11 is 4.79. The third kappa shape index (κ3) is 17.7. The Labute approximate surface area is 75.3 Å². The van der Waals surface area contributed by atoms with Gasteiger partial charge in [-0.2, -0.15) is 0 Å². The zero-order valence-electron chi connectivity index (χ0n) is 7.94. The predicted molar refractivity (Wildman–Crippen MR) is 54.1 cm³/mol. The number of nitrogens with one attached hydrogen (secondary N) is 1. The standard InChI is InChI=1S/C6H13NOS.C2H6/c1-6(9)7-4-3-5-8-2;1-2/h3-5H2,1-2H3,(H,7,9);1-2H3. The molecule has 11 heavy (non-hydrogen) atoms. The van der Waals surface area contributed by atoms with E-state index in [9.17, 15) is 0 Å². The minimum atomic E-state index is 0.801. The fourth-order valence-corrected chi connectivity index (χ4v) is 0.583. The van der Waals surface area contributed by atoms with Crippen LogP contribution in [-0.4, -0.2) is 25.2 Å². The third-order valence-electron chi connectivity index (χ3n) is 0.899. The van der Waals surface area contributed by atoms with Crippen molar-refractivity contribution in [1.29, 1.82) is 0 Å². The lowest BCUT2D eigenvalue weighted by atomic mass is 10.4. The van der Waals surface area contributed by atoms with Crippen molar-refractivity contribution >= 4 is 17.2 Å². The van der Waals surface area contributed by atoms with Crippen LogP contribution in [-0.2, 0) is 4.74 Å². The topological polar surface area (TPSA) is 21.3 Å². The highest BCUT2D eigenvalue weighted by Crippen LogP contribution is 1.77. The Balaban J connectivity index is 0. The van der Waals surface area contributed by atoms with Gasteiger partial charge in [0.1, 0.15) is 0 Å². The van der Waals surface area contributed by atoms with Gasteiger partial charge in [-0.1, -0.05) is 26.1 Å². The number of rotatable bonds is 4. The fourth-order valence-electron chi connectivity index (χ4n) is 0.481. The summed E-state index contributed by atoms with van der Waals surface area (Å²) in [5.74, 6) is 0. The van der Waals surface area contributed by atoms with Crippen LogP contribution in [0.1, 0.15) is 27.2 Å². The van der Waals surface area contributed by atoms with Gasteiger partial charge in [-0.15, -0.1) is 0 Å². The first kappa shape index (κ1) is 13.4. The second-order valence-electron chi connectivity index (χ2n) is 1.83. The van der Waals surface area contributed by atoms with Crippen LogP contribution in [0.25, 0.3) is 0 Å². The molecular formula is C8H19NOS. The first-order valence-corrected chi connectivity index (χ1v) is 4.41. The van der Waals surface area contributed by atoms with Gasteiger partial charge in [0.25, 0.3) is 0 Å². The Hall–Kier alpha value is -0.150. The van der Waals surface area contributed by atoms with Crippen molar-refractivity contribution in [3.8, 4) is 0 Å². The Bertz CT molecular complexity index is 86.2. The van der Waals surface area contributed by atoms with Gasteiger partial charge < -0.3 is 10.1 Å². The number of hydrogen-bond acceptors (Lipinski definition) is 2. The summed E-state index contributed by atoms with van der Waals surface area (Å²) in [5, 5.41) is 3.03. The molecule has 0 saturated carbocycles. The lowest BCUT2D eigenvalue weighted by molar-refractivity contribution is 0.196. The van der Waals surface area contributed by atoms with E-state index in [4.69, 9.17) is 17.0 Å². The third-order valence-corrected chi connectivity index (χ3v) is 1.04. The van der Waals surface area contributed by atoms with Crippen LogP contribution in [0.15, 0.2) is 0 Å². The molecule has 2 nitrogen and oxygen atoms in total. The molecule has 0 fully saturated rings. The van der Waals surface area contributed by atoms with Gasteiger partial charge in [-0.3, -0.25) is 0 Å². The molecule has 0 aromatic rings. The van der Waals surface area contributed by atoms with E-state index in [1.807, 2.05) is 20.8 Å². The molecule has 0 aliphatic rings. The van der Waals surface area contributed by atoms with Crippen LogP contribution in [0.2, 0.25) is 0 Å². The molecule has 0 heterocycles. The molecule has 0 amide bonds. The normalized spacial score (nSPS) is 8.00. The second kappa shape index (κ2) is 12.5. The summed E-state index contributed by atoms with van der Waals surface area (Å²) in [6.07, 6.45) is 1.02. The fraction of sp³-hybridized carbons (Fsp3) is 0.875. The van der Waals surface area contributed by atoms with Gasteiger partial charge in [0.15, 0.2) is 0 Å². The molecule has 0 bridgehead atoms. The highest BCUT2D eigenvalue weighted by Gasteiger charge is 1.85. The molecule has 0 atom stereocenters. The average molecular weight is 177 g/mol. The highest BCUT2D eigenvalue weighted by molar-refractivity contribution is 7.80. The van der Waals surface area contributed by atoms with E-state index < -0.39 is 0 Å². The van der Waals surface area contributed by atoms with E-state index >= 15 is 0 Å². The summed E-state index contributed by atoms with van der Waals surface area (Å²) in [6, 6.07) is 0. The first-order valence-electron chi connectivity index (χ1n) is 4.00. The van der Waals surface area contributed by atoms with Crippen LogP contribution in [0.4, 0.5) is 0 Å². The SMILES string of the molecule is CC.COCCCNC(C)=S. The molecule has 0 aromatic heterocycles. The van der Waals surface area contributed by atoms with Crippen molar-refractivity contribution in [2.24, 2.45) is 0 Å². The van der Waals surface area contributed by atoms with Crippen molar-refractivity contribution in [3.05, 3.63) is 0 Å². The average Bonchev–Trinajstić information content (AvgIpc) is 2.02. The summed E-state index contributed by atoms with van der Waals surface area (Å²) in [4.78, 5) is 0.853. The Morgan fingerprint density at radius 3 is 2.36 bits per heavy atom. The molecule has 1 N–H and O–H groups in total. The largest absolute Gasteiger partial charge is 0.385 e. The monoisotopic (exact) mass is 177 g/mol. The van der Waals surface area contributed by atoms with E-state index in [-0.39, 0.29) is 0 Å². The molecule has 0 saturated heterocycles. The molecule has 0 aliphatic carbocycles. The molecule has 0 rings (SSSR count). The van der Waals surface area contributed by atoms with Crippen LogP contribution in [0.5, 0.6) is 0 Å². The van der Waals surface area contributed by atoms with E-state index in [1.165, 1.54) is 0 Å². The van der Waals surface area contributed by atoms with Gasteiger partial charge in [0, 0.05) is 20.3 Å². The Morgan fingerprint density at radius 1 is 1.45 bits per heavy atom. The van der Waals surface area contributed by atoms with Crippen LogP contribution in [0, 0.1) is 0 Å². The van der Waals surface area contributed by atoms with Gasteiger partial charge in [0.05, 0.1) is 4.99 Å². The maximum absolute atomic E-state index is 4.84. The zero-order chi connectivity index (χ0) is 9.11. The predicted octanol–water partition coefficient (Wildman–Crippen LogP) is 1.99. The lowest BCUT2D eigenvalue weighted by Crippen LogP contribution is -2.20. The lowest BCUT2D eigenvalue weighted by Gasteiger charge is -2.01. The quantitative estimate of drug-likeness (QED) is 0.524. The molecule has 0 radical (unpaired) electrons. The van der Waals surface area contributed by atoms with Gasteiger partial charge in [-0.05, 0) is 13.3 Å². The maximum atomic E-state index is 4.84. The van der Waals surface area contributed by atoms with Gasteiger partial charge >= 0.3 is 0 Å². The molecule has 3 heteroatoms. The molecule has 0 spiro atoms. The zero-order valence-corrected chi connectivity index (χ0v) is 8.75. The Morgan fingerprint density at radius 2 is 2.00 bits per heavy atom. The highest BCUT2D eigenvalue weighted by atomic mass is 32.1. The summed E-state index contributed by atoms with van der Waals surface area (Å²) in [7, 11) is 1.70. The number of ether oxygens (including phenoxy) is 1. The van der Waals surface area contributed by atoms with Crippen molar-refractivity contribution in [2.45, 2.75) is 27.2 Å². The number of thiocarbonyl (C=S) groups is 1.